The summed E-state index contributed by atoms with van der Waals surface area (Å²) in [6.07, 6.45) is 2.31. The van der Waals surface area contributed by atoms with Crippen molar-refractivity contribution in [3.8, 4) is 5.75 Å². The maximum absolute atomic E-state index is 6.39. The molecule has 1 aromatic rings. The number of ether oxygens (including phenoxy) is 1. The molecule has 17 heavy (non-hydrogen) atoms. The van der Waals surface area contributed by atoms with Crippen LogP contribution in [0.15, 0.2) is 18.2 Å². The molecule has 3 N–H and O–H groups in total. The Morgan fingerprint density at radius 2 is 2.24 bits per heavy atom. The molecule has 1 unspecified atom stereocenters. The number of methoxy groups -OCH3 is 1. The minimum absolute atomic E-state index is 0.0244. The summed E-state index contributed by atoms with van der Waals surface area (Å²) in [7, 11) is 3.62. The first-order chi connectivity index (χ1) is 8.13. The maximum Gasteiger partial charge on any atom is 0.123 e. The van der Waals surface area contributed by atoms with Crippen molar-refractivity contribution >= 4 is 11.6 Å². The SMILES string of the molecule is CNCC1(C(N)c2cc(Cl)ccc2OC)CC1. The molecule has 1 aliphatic rings. The zero-order valence-corrected chi connectivity index (χ0v) is 11.1. The molecule has 0 spiro atoms. The van der Waals surface area contributed by atoms with Crippen LogP contribution in [0.2, 0.25) is 5.02 Å². The molecule has 0 heterocycles. The van der Waals surface area contributed by atoms with E-state index in [0.29, 0.717) is 5.02 Å². The van der Waals surface area contributed by atoms with E-state index < -0.39 is 0 Å². The second-order valence-corrected chi connectivity index (χ2v) is 5.19. The van der Waals surface area contributed by atoms with Gasteiger partial charge in [0.15, 0.2) is 0 Å². The van der Waals surface area contributed by atoms with Crippen LogP contribution in [0.25, 0.3) is 0 Å². The number of nitrogens with two attached hydrogens (primary N) is 1. The van der Waals surface area contributed by atoms with Crippen molar-refractivity contribution in [2.24, 2.45) is 11.1 Å². The van der Waals surface area contributed by atoms with Crippen LogP contribution in [-0.4, -0.2) is 20.7 Å². The van der Waals surface area contributed by atoms with Crippen LogP contribution >= 0.6 is 11.6 Å². The monoisotopic (exact) mass is 254 g/mol. The van der Waals surface area contributed by atoms with E-state index >= 15 is 0 Å². The third-order valence-electron chi connectivity index (χ3n) is 3.61. The summed E-state index contributed by atoms with van der Waals surface area (Å²) in [5, 5.41) is 3.92. The summed E-state index contributed by atoms with van der Waals surface area (Å²) in [5.74, 6) is 0.823. The molecule has 1 aromatic carbocycles. The molecule has 0 aromatic heterocycles. The third kappa shape index (κ3) is 2.41. The van der Waals surface area contributed by atoms with Gasteiger partial charge < -0.3 is 15.8 Å². The molecule has 1 fully saturated rings. The fourth-order valence-corrected chi connectivity index (χ4v) is 2.57. The molecule has 94 valence electrons. The van der Waals surface area contributed by atoms with Gasteiger partial charge in [-0.2, -0.15) is 0 Å². The molecule has 0 bridgehead atoms. The van der Waals surface area contributed by atoms with Crippen molar-refractivity contribution in [1.82, 2.24) is 5.32 Å². The lowest BCUT2D eigenvalue weighted by Gasteiger charge is -2.25. The van der Waals surface area contributed by atoms with Gasteiger partial charge in [-0.3, -0.25) is 0 Å². The van der Waals surface area contributed by atoms with Crippen LogP contribution in [0.1, 0.15) is 24.4 Å². The number of nitrogens with one attached hydrogen (secondary N) is 1. The normalized spacial score (nSPS) is 18.8. The summed E-state index contributed by atoms with van der Waals surface area (Å²) >= 11 is 6.04. The molecule has 0 saturated heterocycles. The molecule has 1 saturated carbocycles. The highest BCUT2D eigenvalue weighted by molar-refractivity contribution is 6.30. The zero-order chi connectivity index (χ0) is 12.5. The standard InChI is InChI=1S/C13H19ClN2O/c1-16-8-13(5-6-13)12(15)10-7-9(14)3-4-11(10)17-2/h3-4,7,12,16H,5-6,8,15H2,1-2H3. The van der Waals surface area contributed by atoms with E-state index in [4.69, 9.17) is 22.1 Å². The summed E-state index contributed by atoms with van der Waals surface area (Å²) in [6, 6.07) is 5.60. The first-order valence-electron chi connectivity index (χ1n) is 5.86. The fraction of sp³-hybridized carbons (Fsp3) is 0.538. The highest BCUT2D eigenvalue weighted by atomic mass is 35.5. The van der Waals surface area contributed by atoms with Crippen LogP contribution in [-0.2, 0) is 0 Å². The predicted octanol–water partition coefficient (Wildman–Crippen LogP) is 2.35. The molecule has 2 rings (SSSR count). The quantitative estimate of drug-likeness (QED) is 0.848. The Morgan fingerprint density at radius 1 is 1.53 bits per heavy atom. The highest BCUT2D eigenvalue weighted by Gasteiger charge is 2.48. The second-order valence-electron chi connectivity index (χ2n) is 4.76. The summed E-state index contributed by atoms with van der Waals surface area (Å²) in [5.41, 5.74) is 7.57. The van der Waals surface area contributed by atoms with Gasteiger partial charge in [-0.15, -0.1) is 0 Å². The van der Waals surface area contributed by atoms with Crippen molar-refractivity contribution in [2.75, 3.05) is 20.7 Å². The number of hydrogen-bond donors (Lipinski definition) is 2. The molecule has 0 amide bonds. The molecule has 4 heteroatoms. The molecule has 1 atom stereocenters. The molecular weight excluding hydrogens is 236 g/mol. The molecule has 0 radical (unpaired) electrons. The van der Waals surface area contributed by atoms with E-state index in [2.05, 4.69) is 5.32 Å². The largest absolute Gasteiger partial charge is 0.496 e. The van der Waals surface area contributed by atoms with Gasteiger partial charge in [0, 0.05) is 28.6 Å². The van der Waals surface area contributed by atoms with Gasteiger partial charge in [0.05, 0.1) is 7.11 Å². The number of rotatable bonds is 5. The topological polar surface area (TPSA) is 47.3 Å². The predicted molar refractivity (Wildman–Crippen MR) is 70.5 cm³/mol. The Morgan fingerprint density at radius 3 is 2.76 bits per heavy atom. The zero-order valence-electron chi connectivity index (χ0n) is 10.3. The Balaban J connectivity index is 2.29. The van der Waals surface area contributed by atoms with Gasteiger partial charge in [0.2, 0.25) is 0 Å². The van der Waals surface area contributed by atoms with Crippen molar-refractivity contribution in [3.63, 3.8) is 0 Å². The Hall–Kier alpha value is -0.770. The van der Waals surface area contributed by atoms with Gasteiger partial charge in [0.1, 0.15) is 5.75 Å². The Kier molecular flexibility index (Phi) is 3.61. The fourth-order valence-electron chi connectivity index (χ4n) is 2.39. The third-order valence-corrected chi connectivity index (χ3v) is 3.84. The maximum atomic E-state index is 6.39. The first-order valence-corrected chi connectivity index (χ1v) is 6.24. The lowest BCUT2D eigenvalue weighted by atomic mass is 9.90. The highest BCUT2D eigenvalue weighted by Crippen LogP contribution is 2.54. The van der Waals surface area contributed by atoms with Gasteiger partial charge in [-0.25, -0.2) is 0 Å². The van der Waals surface area contributed by atoms with Gasteiger partial charge >= 0.3 is 0 Å². The van der Waals surface area contributed by atoms with Crippen LogP contribution in [0.5, 0.6) is 5.75 Å². The number of hydrogen-bond acceptors (Lipinski definition) is 3. The van der Waals surface area contributed by atoms with Crippen LogP contribution in [0, 0.1) is 5.41 Å². The van der Waals surface area contributed by atoms with E-state index in [0.717, 1.165) is 30.7 Å². The lowest BCUT2D eigenvalue weighted by Crippen LogP contribution is -2.31. The van der Waals surface area contributed by atoms with E-state index in [9.17, 15) is 0 Å². The van der Waals surface area contributed by atoms with E-state index in [1.807, 2.05) is 25.2 Å². The van der Waals surface area contributed by atoms with Crippen molar-refractivity contribution in [3.05, 3.63) is 28.8 Å². The van der Waals surface area contributed by atoms with Crippen LogP contribution in [0.3, 0.4) is 0 Å². The van der Waals surface area contributed by atoms with Crippen LogP contribution in [0.4, 0.5) is 0 Å². The lowest BCUT2D eigenvalue weighted by molar-refractivity contribution is 0.363. The summed E-state index contributed by atoms with van der Waals surface area (Å²) < 4.78 is 5.36. The number of halogens is 1. The van der Waals surface area contributed by atoms with Crippen LogP contribution < -0.4 is 15.8 Å². The number of benzene rings is 1. The second kappa shape index (κ2) is 4.84. The minimum Gasteiger partial charge on any atom is -0.496 e. The average molecular weight is 255 g/mol. The molecule has 3 nitrogen and oxygen atoms in total. The summed E-state index contributed by atoms with van der Waals surface area (Å²) in [6.45, 7) is 0.934. The molecule has 1 aliphatic carbocycles. The first kappa shape index (κ1) is 12.7. The smallest absolute Gasteiger partial charge is 0.123 e. The summed E-state index contributed by atoms with van der Waals surface area (Å²) in [4.78, 5) is 0. The van der Waals surface area contributed by atoms with Gasteiger partial charge in [0.25, 0.3) is 0 Å². The molecular formula is C13H19ClN2O. The van der Waals surface area contributed by atoms with E-state index in [1.165, 1.54) is 0 Å². The Bertz CT molecular complexity index is 404. The minimum atomic E-state index is -0.0244. The van der Waals surface area contributed by atoms with E-state index in [-0.39, 0.29) is 11.5 Å². The van der Waals surface area contributed by atoms with Crippen molar-refractivity contribution < 1.29 is 4.74 Å². The van der Waals surface area contributed by atoms with E-state index in [1.54, 1.807) is 7.11 Å². The van der Waals surface area contributed by atoms with Gasteiger partial charge in [-0.1, -0.05) is 11.6 Å². The Labute approximate surface area is 107 Å². The van der Waals surface area contributed by atoms with Crippen molar-refractivity contribution in [2.45, 2.75) is 18.9 Å². The molecule has 0 aliphatic heterocycles. The van der Waals surface area contributed by atoms with Gasteiger partial charge in [-0.05, 0) is 38.1 Å². The average Bonchev–Trinajstić information content (AvgIpc) is 3.09. The van der Waals surface area contributed by atoms with Crippen molar-refractivity contribution in [1.29, 1.82) is 0 Å².